The number of nitrogens with zero attached hydrogens (tertiary/aromatic N) is 7. The normalized spacial score (nSPS) is 16.1. The number of alkyl halides is 3. The second kappa shape index (κ2) is 7.70. The number of carbonyl (C=O) groups is 1. The van der Waals surface area contributed by atoms with Gasteiger partial charge in [0.1, 0.15) is 23.1 Å². The maximum atomic E-state index is 12.8. The van der Waals surface area contributed by atoms with E-state index in [0.717, 1.165) is 5.56 Å². The molecule has 1 atom stereocenters. The second-order valence-corrected chi connectivity index (χ2v) is 7.95. The third-order valence-electron chi connectivity index (χ3n) is 5.78. The number of hydrogen-bond donors (Lipinski definition) is 1. The van der Waals surface area contributed by atoms with Gasteiger partial charge in [-0.05, 0) is 6.07 Å². The number of esters is 1. The van der Waals surface area contributed by atoms with Gasteiger partial charge in [-0.15, -0.1) is 0 Å². The van der Waals surface area contributed by atoms with Crippen molar-refractivity contribution < 1.29 is 22.7 Å². The molecule has 0 aromatic carbocycles. The first-order valence-corrected chi connectivity index (χ1v) is 10.1. The first kappa shape index (κ1) is 21.7. The minimum Gasteiger partial charge on any atom is -0.438 e. The molecule has 0 saturated carbocycles. The van der Waals surface area contributed by atoms with Gasteiger partial charge in [-0.25, -0.2) is 14.8 Å². The van der Waals surface area contributed by atoms with Crippen LogP contribution in [0, 0.1) is 11.3 Å². The highest BCUT2D eigenvalue weighted by Gasteiger charge is 2.52. The average molecular weight is 470 g/mol. The number of hydrogen-bond acceptors (Lipinski definition) is 7. The van der Waals surface area contributed by atoms with Crippen LogP contribution in [0.25, 0.3) is 28.3 Å². The van der Waals surface area contributed by atoms with Gasteiger partial charge in [0.25, 0.3) is 0 Å². The van der Waals surface area contributed by atoms with Crippen LogP contribution in [-0.2, 0) is 22.1 Å². The highest BCUT2D eigenvalue weighted by Crippen LogP contribution is 2.33. The molecule has 0 amide bonds. The summed E-state index contributed by atoms with van der Waals surface area (Å²) in [5.74, 6) is -1.86. The maximum Gasteiger partial charge on any atom is 0.490 e. The van der Waals surface area contributed by atoms with Crippen molar-refractivity contribution in [3.63, 3.8) is 0 Å². The Bertz CT molecular complexity index is 1420. The minimum atomic E-state index is -5.20. The van der Waals surface area contributed by atoms with E-state index in [9.17, 15) is 23.2 Å². The molecular weight excluding hydrogens is 453 g/mol. The number of aromatic nitrogens is 6. The summed E-state index contributed by atoms with van der Waals surface area (Å²) in [5.41, 5.74) is 1.52. The largest absolute Gasteiger partial charge is 0.490 e. The van der Waals surface area contributed by atoms with Crippen LogP contribution in [0.5, 0.6) is 0 Å². The van der Waals surface area contributed by atoms with Gasteiger partial charge in [0, 0.05) is 68.3 Å². The van der Waals surface area contributed by atoms with E-state index in [1.54, 1.807) is 63.8 Å². The van der Waals surface area contributed by atoms with E-state index in [2.05, 4.69) is 20.1 Å². The Labute approximate surface area is 190 Å². The van der Waals surface area contributed by atoms with Crippen molar-refractivity contribution in [1.82, 2.24) is 34.0 Å². The zero-order valence-corrected chi connectivity index (χ0v) is 17.7. The highest BCUT2D eigenvalue weighted by atomic mass is 19.4. The van der Waals surface area contributed by atoms with Crippen molar-refractivity contribution in [2.45, 2.75) is 17.8 Å². The molecule has 0 bridgehead atoms. The molecule has 13 heteroatoms. The molecule has 10 nitrogen and oxygen atoms in total. The van der Waals surface area contributed by atoms with Crippen molar-refractivity contribution in [2.75, 3.05) is 13.1 Å². The van der Waals surface area contributed by atoms with Crippen LogP contribution < -0.4 is 5.32 Å². The van der Waals surface area contributed by atoms with Gasteiger partial charge < -0.3 is 14.6 Å². The van der Waals surface area contributed by atoms with Crippen LogP contribution in [0.2, 0.25) is 0 Å². The molecule has 1 unspecified atom stereocenters. The number of nitrogens with one attached hydrogen (secondary N) is 1. The fourth-order valence-electron chi connectivity index (χ4n) is 3.95. The quantitative estimate of drug-likeness (QED) is 0.443. The third-order valence-corrected chi connectivity index (χ3v) is 5.78. The van der Waals surface area contributed by atoms with E-state index in [-0.39, 0.29) is 13.1 Å². The molecule has 4 aromatic heterocycles. The summed E-state index contributed by atoms with van der Waals surface area (Å²) in [6, 6.07) is 5.26. The average Bonchev–Trinajstić information content (AvgIpc) is 3.51. The van der Waals surface area contributed by atoms with Gasteiger partial charge >= 0.3 is 12.1 Å². The number of halogens is 3. The smallest absolute Gasteiger partial charge is 0.438 e. The third kappa shape index (κ3) is 3.48. The summed E-state index contributed by atoms with van der Waals surface area (Å²) in [4.78, 5) is 20.5. The summed E-state index contributed by atoms with van der Waals surface area (Å²) >= 11 is 0. The van der Waals surface area contributed by atoms with Crippen LogP contribution in [0.1, 0.15) is 0 Å². The van der Waals surface area contributed by atoms with E-state index in [4.69, 9.17) is 4.98 Å². The van der Waals surface area contributed by atoms with E-state index in [1.165, 1.54) is 0 Å². The molecule has 1 aliphatic rings. The number of ether oxygens (including phenoxy) is 1. The Morgan fingerprint density at radius 3 is 2.71 bits per heavy atom. The topological polar surface area (TPSA) is 115 Å². The molecule has 1 N–H and O–H groups in total. The molecule has 5 rings (SSSR count). The van der Waals surface area contributed by atoms with E-state index in [1.807, 2.05) is 12.3 Å². The molecular formula is C21H17F3N8O2. The van der Waals surface area contributed by atoms with Gasteiger partial charge in [-0.2, -0.15) is 23.5 Å². The Kier molecular flexibility index (Phi) is 4.90. The fraction of sp³-hybridized carbons (Fsp3) is 0.286. The molecule has 0 radical (unpaired) electrons. The summed E-state index contributed by atoms with van der Waals surface area (Å²) in [7, 11) is 1.79. The van der Waals surface area contributed by atoms with E-state index >= 15 is 0 Å². The second-order valence-electron chi connectivity index (χ2n) is 7.95. The summed E-state index contributed by atoms with van der Waals surface area (Å²) < 4.78 is 47.8. The Morgan fingerprint density at radius 1 is 1.29 bits per heavy atom. The van der Waals surface area contributed by atoms with Crippen molar-refractivity contribution in [2.24, 2.45) is 7.05 Å². The first-order chi connectivity index (χ1) is 16.2. The first-order valence-electron chi connectivity index (χ1n) is 10.1. The number of nitriles is 1. The van der Waals surface area contributed by atoms with Gasteiger partial charge in [-0.3, -0.25) is 9.08 Å². The van der Waals surface area contributed by atoms with Crippen LogP contribution in [0.15, 0.2) is 49.3 Å². The zero-order valence-electron chi connectivity index (χ0n) is 17.7. The maximum absolute atomic E-state index is 12.8. The Morgan fingerprint density at radius 2 is 2.09 bits per heavy atom. The summed E-state index contributed by atoms with van der Waals surface area (Å²) in [5, 5.41) is 16.7. The number of imidazole rings is 1. The molecule has 0 aliphatic carbocycles. The molecule has 4 aromatic rings. The van der Waals surface area contributed by atoms with Crippen LogP contribution in [0.3, 0.4) is 0 Å². The summed E-state index contributed by atoms with van der Waals surface area (Å²) in [6.45, 7) is 0.294. The standard InChI is InChI=1S/C21H17F3N8O2/c1-30-9-14(8-28-30)15-6-17-27-3-5-32(17)18(29-15)13-2-4-31(10-13)20(11-26-12-20)16(7-25)34-19(33)21(22,23)24/h2-6,8-10,16,26H,11-12H2,1H3. The minimum absolute atomic E-state index is 0.147. The number of aryl methyl sites for hydroxylation is 1. The molecule has 0 spiro atoms. The summed E-state index contributed by atoms with van der Waals surface area (Å²) in [6.07, 6.45) is 3.32. The highest BCUT2D eigenvalue weighted by molar-refractivity contribution is 5.76. The predicted molar refractivity (Wildman–Crippen MR) is 111 cm³/mol. The fourth-order valence-corrected chi connectivity index (χ4v) is 3.95. The van der Waals surface area contributed by atoms with Crippen LogP contribution >= 0.6 is 0 Å². The van der Waals surface area contributed by atoms with Crippen LogP contribution in [0.4, 0.5) is 13.2 Å². The van der Waals surface area contributed by atoms with Crippen molar-refractivity contribution in [1.29, 1.82) is 5.26 Å². The monoisotopic (exact) mass is 470 g/mol. The van der Waals surface area contributed by atoms with Gasteiger partial charge in [-0.1, -0.05) is 0 Å². The van der Waals surface area contributed by atoms with E-state index < -0.39 is 23.8 Å². The zero-order chi connectivity index (χ0) is 24.1. The predicted octanol–water partition coefficient (Wildman–Crippen LogP) is 1.89. The van der Waals surface area contributed by atoms with E-state index in [0.29, 0.717) is 22.7 Å². The SMILES string of the molecule is Cn1cc(-c2cc3nccn3c(-c3ccn(C4(C(C#N)OC(=O)C(F)(F)F)CNC4)c3)n2)cn1. The van der Waals surface area contributed by atoms with Crippen LogP contribution in [-0.4, -0.2) is 60.1 Å². The van der Waals surface area contributed by atoms with Crippen molar-refractivity contribution >= 4 is 11.6 Å². The Balaban J connectivity index is 1.54. The lowest BCUT2D eigenvalue weighted by Crippen LogP contribution is -2.67. The number of fused-ring (bicyclic) bond motifs is 1. The molecule has 5 heterocycles. The van der Waals surface area contributed by atoms with Gasteiger partial charge in [0.05, 0.1) is 11.9 Å². The molecule has 1 fully saturated rings. The molecule has 1 saturated heterocycles. The lowest BCUT2D eigenvalue weighted by atomic mass is 9.86. The number of carbonyl (C=O) groups excluding carboxylic acids is 1. The Hall–Kier alpha value is -4.18. The molecule has 174 valence electrons. The molecule has 1 aliphatic heterocycles. The van der Waals surface area contributed by atoms with Gasteiger partial charge in [0.2, 0.25) is 6.10 Å². The van der Waals surface area contributed by atoms with Crippen molar-refractivity contribution in [3.8, 4) is 28.7 Å². The molecule has 34 heavy (non-hydrogen) atoms. The lowest BCUT2D eigenvalue weighted by Gasteiger charge is -2.45. The number of rotatable bonds is 5. The lowest BCUT2D eigenvalue weighted by molar-refractivity contribution is -0.207. The van der Waals surface area contributed by atoms with Crippen molar-refractivity contribution in [3.05, 3.63) is 49.3 Å². The van der Waals surface area contributed by atoms with Gasteiger partial charge in [0.15, 0.2) is 0 Å².